The van der Waals surface area contributed by atoms with Gasteiger partial charge in [0.25, 0.3) is 0 Å². The Morgan fingerprint density at radius 1 is 1.14 bits per heavy atom. The van der Waals surface area contributed by atoms with Gasteiger partial charge in [-0.2, -0.15) is 4.80 Å². The zero-order valence-corrected chi connectivity index (χ0v) is 12.4. The number of benzene rings is 1. The molecule has 0 aliphatic rings. The molecule has 7 nitrogen and oxygen atoms in total. The number of aliphatic hydroxyl groups excluding tert-OH is 1. The maximum Gasteiger partial charge on any atom is 0.171 e. The van der Waals surface area contributed by atoms with Crippen molar-refractivity contribution in [3.8, 4) is 0 Å². The molecule has 0 unspecified atom stereocenters. The maximum absolute atomic E-state index is 11.8. The monoisotopic (exact) mass is 302 g/mol. The minimum atomic E-state index is -0.224. The summed E-state index contributed by atoms with van der Waals surface area (Å²) in [5.41, 5.74) is 1.84. The molecule has 22 heavy (non-hydrogen) atoms. The van der Waals surface area contributed by atoms with Crippen molar-refractivity contribution in [1.82, 2.24) is 20.2 Å². The van der Waals surface area contributed by atoms with E-state index in [1.54, 1.807) is 6.92 Å². The number of hydrogen-bond acceptors (Lipinski definition) is 6. The zero-order chi connectivity index (χ0) is 15.9. The van der Waals surface area contributed by atoms with Crippen LogP contribution in [-0.4, -0.2) is 36.9 Å². The van der Waals surface area contributed by atoms with Crippen LogP contribution in [0.4, 0.5) is 0 Å². The van der Waals surface area contributed by atoms with Crippen LogP contribution < -0.4 is 0 Å². The van der Waals surface area contributed by atoms with Gasteiger partial charge in [0.1, 0.15) is 12.3 Å². The molecule has 0 spiro atoms. The number of rotatable bonds is 8. The number of aryl methyl sites for hydroxylation is 2. The van der Waals surface area contributed by atoms with Crippen molar-refractivity contribution in [1.29, 1.82) is 0 Å². The maximum atomic E-state index is 11.8. The van der Waals surface area contributed by atoms with Gasteiger partial charge in [-0.15, -0.1) is 10.2 Å². The number of aliphatic hydroxyl groups is 1. The van der Waals surface area contributed by atoms with E-state index in [0.717, 1.165) is 11.1 Å². The molecular formula is C15H18N4O3. The van der Waals surface area contributed by atoms with Gasteiger partial charge in [0.2, 0.25) is 0 Å². The van der Waals surface area contributed by atoms with E-state index in [9.17, 15) is 9.59 Å². The van der Waals surface area contributed by atoms with E-state index in [4.69, 9.17) is 5.11 Å². The molecule has 0 amide bonds. The van der Waals surface area contributed by atoms with Crippen molar-refractivity contribution in [3.05, 3.63) is 41.2 Å². The van der Waals surface area contributed by atoms with Gasteiger partial charge in [-0.05, 0) is 29.7 Å². The second kappa shape index (κ2) is 7.56. The van der Waals surface area contributed by atoms with Crippen LogP contribution >= 0.6 is 0 Å². The summed E-state index contributed by atoms with van der Waals surface area (Å²) in [6.07, 6.45) is 0.780. The molecule has 7 heteroatoms. The van der Waals surface area contributed by atoms with E-state index in [1.165, 1.54) is 4.80 Å². The second-order valence-corrected chi connectivity index (χ2v) is 5.10. The number of hydrogen-bond donors (Lipinski definition) is 1. The lowest BCUT2D eigenvalue weighted by Gasteiger charge is -2.03. The standard InChI is InChI=1S/C15H18N4O3/c1-11-16-18-19(17-11)9-15(22)8-14(21)7-6-12-2-4-13(10-20)5-3-12/h2-5,20H,6-10H2,1H3. The number of carbonyl (C=O) groups is 2. The third-order valence-electron chi connectivity index (χ3n) is 3.16. The molecule has 1 heterocycles. The van der Waals surface area contributed by atoms with Gasteiger partial charge in [-0.3, -0.25) is 9.59 Å². The van der Waals surface area contributed by atoms with Crippen molar-refractivity contribution in [3.63, 3.8) is 0 Å². The van der Waals surface area contributed by atoms with Crippen LogP contribution in [0.5, 0.6) is 0 Å². The van der Waals surface area contributed by atoms with E-state index >= 15 is 0 Å². The first-order valence-corrected chi connectivity index (χ1v) is 7.03. The van der Waals surface area contributed by atoms with Crippen LogP contribution in [0.1, 0.15) is 29.8 Å². The summed E-state index contributed by atoms with van der Waals surface area (Å²) in [6, 6.07) is 7.40. The highest BCUT2D eigenvalue weighted by Gasteiger charge is 2.12. The Kier molecular flexibility index (Phi) is 5.48. The molecule has 0 bridgehead atoms. The van der Waals surface area contributed by atoms with Gasteiger partial charge in [0.05, 0.1) is 13.0 Å². The summed E-state index contributed by atoms with van der Waals surface area (Å²) in [4.78, 5) is 24.8. The SMILES string of the molecule is Cc1nnn(CC(=O)CC(=O)CCc2ccc(CO)cc2)n1. The number of carbonyl (C=O) groups excluding carboxylic acids is 2. The first-order valence-electron chi connectivity index (χ1n) is 7.03. The Labute approximate surface area is 128 Å². The smallest absolute Gasteiger partial charge is 0.171 e. The van der Waals surface area contributed by atoms with Crippen LogP contribution in [-0.2, 0) is 29.2 Å². The fraction of sp³-hybridized carbons (Fsp3) is 0.400. The van der Waals surface area contributed by atoms with Gasteiger partial charge in [0, 0.05) is 6.42 Å². The van der Waals surface area contributed by atoms with Gasteiger partial charge < -0.3 is 5.11 Å². The summed E-state index contributed by atoms with van der Waals surface area (Å²) in [7, 11) is 0. The Bertz CT molecular complexity index is 649. The highest BCUT2D eigenvalue weighted by molar-refractivity contribution is 5.98. The van der Waals surface area contributed by atoms with Gasteiger partial charge >= 0.3 is 0 Å². The van der Waals surface area contributed by atoms with Crippen molar-refractivity contribution in [2.45, 2.75) is 39.3 Å². The quantitative estimate of drug-likeness (QED) is 0.718. The van der Waals surface area contributed by atoms with E-state index < -0.39 is 0 Å². The van der Waals surface area contributed by atoms with Crippen molar-refractivity contribution in [2.24, 2.45) is 0 Å². The summed E-state index contributed by atoms with van der Waals surface area (Å²) < 4.78 is 0. The van der Waals surface area contributed by atoms with Crippen LogP contribution in [0, 0.1) is 6.92 Å². The summed E-state index contributed by atoms with van der Waals surface area (Å²) in [6.45, 7) is 1.66. The lowest BCUT2D eigenvalue weighted by molar-refractivity contribution is -0.127. The zero-order valence-electron chi connectivity index (χ0n) is 12.4. The van der Waals surface area contributed by atoms with Gasteiger partial charge in [0.15, 0.2) is 11.6 Å². The molecule has 0 aliphatic carbocycles. The predicted octanol–water partition coefficient (Wildman–Crippen LogP) is 0.635. The molecule has 1 aromatic heterocycles. The average Bonchev–Trinajstić information content (AvgIpc) is 2.90. The van der Waals surface area contributed by atoms with Crippen LogP contribution in [0.15, 0.2) is 24.3 Å². The molecule has 0 saturated heterocycles. The molecule has 116 valence electrons. The number of tetrazole rings is 1. The summed E-state index contributed by atoms with van der Waals surface area (Å²) in [5, 5.41) is 20.2. The molecule has 2 aromatic rings. The first kappa shape index (κ1) is 16.0. The fourth-order valence-electron chi connectivity index (χ4n) is 2.01. The third-order valence-corrected chi connectivity index (χ3v) is 3.16. The number of ketones is 2. The summed E-state index contributed by atoms with van der Waals surface area (Å²) in [5.74, 6) is 0.163. The molecule has 2 rings (SSSR count). The van der Waals surface area contributed by atoms with Crippen molar-refractivity contribution in [2.75, 3.05) is 0 Å². The lowest BCUT2D eigenvalue weighted by atomic mass is 10.0. The van der Waals surface area contributed by atoms with E-state index in [-0.39, 0.29) is 31.1 Å². The first-order chi connectivity index (χ1) is 10.6. The largest absolute Gasteiger partial charge is 0.392 e. The Hall–Kier alpha value is -2.41. The van der Waals surface area contributed by atoms with Gasteiger partial charge in [-0.1, -0.05) is 24.3 Å². The molecule has 1 N–H and O–H groups in total. The Morgan fingerprint density at radius 3 is 2.41 bits per heavy atom. The topological polar surface area (TPSA) is 98.0 Å². The molecule has 0 saturated carbocycles. The average molecular weight is 302 g/mol. The fourth-order valence-corrected chi connectivity index (χ4v) is 2.01. The predicted molar refractivity (Wildman–Crippen MR) is 77.9 cm³/mol. The highest BCUT2D eigenvalue weighted by atomic mass is 16.3. The van der Waals surface area contributed by atoms with Crippen molar-refractivity contribution >= 4 is 11.6 Å². The molecular weight excluding hydrogens is 284 g/mol. The van der Waals surface area contributed by atoms with E-state index in [0.29, 0.717) is 18.7 Å². The molecule has 0 atom stereocenters. The molecule has 0 radical (unpaired) electrons. The number of Topliss-reactive ketones (excluding diaryl/α,β-unsaturated/α-hetero) is 2. The lowest BCUT2D eigenvalue weighted by Crippen LogP contribution is -2.17. The number of aromatic nitrogens is 4. The molecule has 1 aromatic carbocycles. The second-order valence-electron chi connectivity index (χ2n) is 5.10. The molecule has 0 aliphatic heterocycles. The Balaban J connectivity index is 1.76. The summed E-state index contributed by atoms with van der Waals surface area (Å²) >= 11 is 0. The Morgan fingerprint density at radius 2 is 1.82 bits per heavy atom. The van der Waals surface area contributed by atoms with Crippen LogP contribution in [0.2, 0.25) is 0 Å². The number of nitrogens with zero attached hydrogens (tertiary/aromatic N) is 4. The van der Waals surface area contributed by atoms with Crippen LogP contribution in [0.25, 0.3) is 0 Å². The highest BCUT2D eigenvalue weighted by Crippen LogP contribution is 2.08. The van der Waals surface area contributed by atoms with Gasteiger partial charge in [-0.25, -0.2) is 0 Å². The third kappa shape index (κ3) is 4.85. The minimum absolute atomic E-state index is 0.00348. The van der Waals surface area contributed by atoms with E-state index in [2.05, 4.69) is 15.4 Å². The molecule has 0 fully saturated rings. The van der Waals surface area contributed by atoms with Crippen molar-refractivity contribution < 1.29 is 14.7 Å². The van der Waals surface area contributed by atoms with E-state index in [1.807, 2.05) is 24.3 Å². The normalized spacial score (nSPS) is 10.6. The minimum Gasteiger partial charge on any atom is -0.392 e. The van der Waals surface area contributed by atoms with Crippen LogP contribution in [0.3, 0.4) is 0 Å².